The van der Waals surface area contributed by atoms with Gasteiger partial charge in [0.25, 0.3) is 0 Å². The molecule has 0 N–H and O–H groups in total. The van der Waals surface area contributed by atoms with Crippen LogP contribution in [-0.4, -0.2) is 0 Å². The van der Waals surface area contributed by atoms with Gasteiger partial charge >= 0.3 is 0 Å². The molecule has 7 rings (SSSR count). The van der Waals surface area contributed by atoms with Crippen LogP contribution >= 0.6 is 27.5 Å². The van der Waals surface area contributed by atoms with E-state index >= 15 is 0 Å². The van der Waals surface area contributed by atoms with E-state index in [1.54, 1.807) is 0 Å². The zero-order chi connectivity index (χ0) is 20.0. The van der Waals surface area contributed by atoms with Crippen LogP contribution in [0, 0.1) is 0 Å². The number of fused-ring (bicyclic) bond motifs is 12. The standard InChI is InChI=1S/C27H14BrClO/c28-15-9-11-18-17-5-1-3-7-21(17)27(22(18)13-15)23-14-16(29)10-12-19(23)26-25(27)20-6-2-4-8-24(20)30-26/h1-14H. The molecule has 1 aromatic heterocycles. The van der Waals surface area contributed by atoms with Crippen molar-refractivity contribution in [2.75, 3.05) is 0 Å². The van der Waals surface area contributed by atoms with Crippen molar-refractivity contribution in [2.45, 2.75) is 5.41 Å². The number of hydrogen-bond acceptors (Lipinski definition) is 1. The second-order valence-corrected chi connectivity index (χ2v) is 9.33. The summed E-state index contributed by atoms with van der Waals surface area (Å²) in [6.45, 7) is 0. The third-order valence-electron chi connectivity index (χ3n) is 6.61. The zero-order valence-electron chi connectivity index (χ0n) is 15.7. The van der Waals surface area contributed by atoms with Gasteiger partial charge in [-0.15, -0.1) is 0 Å². The van der Waals surface area contributed by atoms with Crippen molar-refractivity contribution in [3.8, 4) is 22.5 Å². The summed E-state index contributed by atoms with van der Waals surface area (Å²) in [5, 5.41) is 1.89. The number of rotatable bonds is 0. The predicted octanol–water partition coefficient (Wildman–Crippen LogP) is 8.19. The first kappa shape index (κ1) is 16.9. The number of benzene rings is 4. The fourth-order valence-electron chi connectivity index (χ4n) is 5.58. The molecule has 3 heteroatoms. The lowest BCUT2D eigenvalue weighted by Crippen LogP contribution is -2.25. The highest BCUT2D eigenvalue weighted by Crippen LogP contribution is 2.65. The maximum absolute atomic E-state index is 6.56. The van der Waals surface area contributed by atoms with E-state index in [1.165, 1.54) is 33.4 Å². The molecule has 0 amide bonds. The Balaban J connectivity index is 1.78. The summed E-state index contributed by atoms with van der Waals surface area (Å²) < 4.78 is 7.54. The second kappa shape index (κ2) is 5.66. The average Bonchev–Trinajstić information content (AvgIpc) is 3.36. The van der Waals surface area contributed by atoms with Crippen LogP contribution in [0.3, 0.4) is 0 Å². The summed E-state index contributed by atoms with van der Waals surface area (Å²) >= 11 is 10.3. The van der Waals surface area contributed by atoms with Gasteiger partial charge in [0.2, 0.25) is 0 Å². The van der Waals surface area contributed by atoms with Crippen molar-refractivity contribution in [1.82, 2.24) is 0 Å². The van der Waals surface area contributed by atoms with Crippen LogP contribution in [-0.2, 0) is 5.41 Å². The first-order valence-corrected chi connectivity index (χ1v) is 11.1. The predicted molar refractivity (Wildman–Crippen MR) is 125 cm³/mol. The Morgan fingerprint density at radius 2 is 1.43 bits per heavy atom. The number of halogens is 2. The quantitative estimate of drug-likeness (QED) is 0.218. The molecule has 4 aromatic carbocycles. The first-order chi connectivity index (χ1) is 14.7. The van der Waals surface area contributed by atoms with E-state index in [1.807, 2.05) is 12.1 Å². The van der Waals surface area contributed by atoms with Gasteiger partial charge in [-0.25, -0.2) is 0 Å². The fourth-order valence-corrected chi connectivity index (χ4v) is 6.11. The topological polar surface area (TPSA) is 13.1 Å². The molecule has 0 aliphatic heterocycles. The van der Waals surface area contributed by atoms with Crippen LogP contribution in [0.1, 0.15) is 22.3 Å². The van der Waals surface area contributed by atoms with Crippen molar-refractivity contribution in [3.05, 3.63) is 117 Å². The van der Waals surface area contributed by atoms with Gasteiger partial charge in [0, 0.05) is 26.0 Å². The number of para-hydroxylation sites is 1. The van der Waals surface area contributed by atoms with Crippen LogP contribution in [0.2, 0.25) is 5.02 Å². The summed E-state index contributed by atoms with van der Waals surface area (Å²) in [7, 11) is 0. The lowest BCUT2D eigenvalue weighted by molar-refractivity contribution is 0.628. The molecule has 5 aromatic rings. The number of furan rings is 1. The maximum Gasteiger partial charge on any atom is 0.140 e. The van der Waals surface area contributed by atoms with Crippen molar-refractivity contribution in [2.24, 2.45) is 0 Å². The third-order valence-corrected chi connectivity index (χ3v) is 7.34. The van der Waals surface area contributed by atoms with Gasteiger partial charge in [0.1, 0.15) is 11.3 Å². The summed E-state index contributed by atoms with van der Waals surface area (Å²) in [6.07, 6.45) is 0. The highest BCUT2D eigenvalue weighted by molar-refractivity contribution is 9.10. The van der Waals surface area contributed by atoms with Crippen LogP contribution < -0.4 is 0 Å². The molecule has 1 unspecified atom stereocenters. The largest absolute Gasteiger partial charge is 0.456 e. The molecule has 2 aliphatic carbocycles. The highest BCUT2D eigenvalue weighted by atomic mass is 79.9. The van der Waals surface area contributed by atoms with E-state index < -0.39 is 5.41 Å². The van der Waals surface area contributed by atoms with E-state index in [2.05, 4.69) is 88.7 Å². The first-order valence-electron chi connectivity index (χ1n) is 9.92. The van der Waals surface area contributed by atoms with Crippen LogP contribution in [0.4, 0.5) is 0 Å². The van der Waals surface area contributed by atoms with E-state index in [0.29, 0.717) is 0 Å². The van der Waals surface area contributed by atoms with E-state index in [9.17, 15) is 0 Å². The molecule has 1 nitrogen and oxygen atoms in total. The average molecular weight is 470 g/mol. The summed E-state index contributed by atoms with van der Waals surface area (Å²) in [5.74, 6) is 0.950. The molecule has 30 heavy (non-hydrogen) atoms. The lowest BCUT2D eigenvalue weighted by atomic mass is 9.70. The zero-order valence-corrected chi connectivity index (χ0v) is 18.1. The molecular formula is C27H14BrClO. The highest BCUT2D eigenvalue weighted by Gasteiger charge is 2.54. The molecule has 1 atom stereocenters. The molecule has 0 radical (unpaired) electrons. The Morgan fingerprint density at radius 1 is 0.700 bits per heavy atom. The lowest BCUT2D eigenvalue weighted by Gasteiger charge is -2.30. The maximum atomic E-state index is 6.56. The second-order valence-electron chi connectivity index (χ2n) is 7.98. The SMILES string of the molecule is Clc1ccc2c(c1)C1(c3ccccc3-c3ccc(Br)cc31)c1c-2oc2ccccc12. The van der Waals surface area contributed by atoms with E-state index in [0.717, 1.165) is 31.8 Å². The monoisotopic (exact) mass is 468 g/mol. The van der Waals surface area contributed by atoms with Crippen molar-refractivity contribution >= 4 is 38.5 Å². The third kappa shape index (κ3) is 1.85. The van der Waals surface area contributed by atoms with Gasteiger partial charge in [-0.2, -0.15) is 0 Å². The molecule has 1 heterocycles. The fraction of sp³-hybridized carbons (Fsp3) is 0.0370. The smallest absolute Gasteiger partial charge is 0.140 e. The Morgan fingerprint density at radius 3 is 2.37 bits per heavy atom. The van der Waals surface area contributed by atoms with Gasteiger partial charge in [0.15, 0.2) is 0 Å². The van der Waals surface area contributed by atoms with E-state index in [-0.39, 0.29) is 0 Å². The Labute approximate surface area is 187 Å². The Bertz CT molecular complexity index is 1530. The van der Waals surface area contributed by atoms with Gasteiger partial charge in [-0.05, 0) is 64.2 Å². The molecule has 0 fully saturated rings. The van der Waals surface area contributed by atoms with Gasteiger partial charge in [-0.1, -0.05) is 76.1 Å². The molecule has 1 spiro atoms. The van der Waals surface area contributed by atoms with Crippen molar-refractivity contribution in [1.29, 1.82) is 0 Å². The van der Waals surface area contributed by atoms with Crippen LogP contribution in [0.5, 0.6) is 0 Å². The minimum Gasteiger partial charge on any atom is -0.456 e. The minimum absolute atomic E-state index is 0.447. The van der Waals surface area contributed by atoms with Crippen LogP contribution in [0.15, 0.2) is 93.8 Å². The van der Waals surface area contributed by atoms with Gasteiger partial charge < -0.3 is 4.42 Å². The normalized spacial score (nSPS) is 17.8. The molecule has 0 saturated heterocycles. The Kier molecular flexibility index (Phi) is 3.19. The van der Waals surface area contributed by atoms with Crippen molar-refractivity contribution < 1.29 is 4.42 Å². The van der Waals surface area contributed by atoms with Gasteiger partial charge in [-0.3, -0.25) is 0 Å². The molecular weight excluding hydrogens is 456 g/mol. The van der Waals surface area contributed by atoms with E-state index in [4.69, 9.17) is 16.0 Å². The van der Waals surface area contributed by atoms with Crippen molar-refractivity contribution in [3.63, 3.8) is 0 Å². The summed E-state index contributed by atoms with van der Waals surface area (Å²) in [4.78, 5) is 0. The minimum atomic E-state index is -0.447. The van der Waals surface area contributed by atoms with Crippen LogP contribution in [0.25, 0.3) is 33.4 Å². The Hall–Kier alpha value is -2.81. The molecule has 0 saturated carbocycles. The molecule has 142 valence electrons. The molecule has 2 aliphatic rings. The summed E-state index contributed by atoms with van der Waals surface area (Å²) in [5.41, 5.74) is 9.09. The van der Waals surface area contributed by atoms with Gasteiger partial charge in [0.05, 0.1) is 5.41 Å². The molecule has 0 bridgehead atoms. The summed E-state index contributed by atoms with van der Waals surface area (Å²) in [6, 6.07) is 29.9. The number of hydrogen-bond donors (Lipinski definition) is 0.